The van der Waals surface area contributed by atoms with Crippen molar-refractivity contribution in [3.05, 3.63) is 120 Å². The molecule has 6 aromatic rings. The highest BCUT2D eigenvalue weighted by atomic mass is 32.1. The van der Waals surface area contributed by atoms with Crippen molar-refractivity contribution in [2.75, 3.05) is 48.0 Å². The minimum Gasteiger partial charge on any atom is -0.381 e. The van der Waals surface area contributed by atoms with Crippen molar-refractivity contribution in [1.29, 1.82) is 0 Å². The molecular formula is C40H35N5O3S. The highest BCUT2D eigenvalue weighted by molar-refractivity contribution is 7.19. The van der Waals surface area contributed by atoms with Gasteiger partial charge in [-0.1, -0.05) is 36.4 Å². The monoisotopic (exact) mass is 665 g/mol. The lowest BCUT2D eigenvalue weighted by atomic mass is 9.73. The van der Waals surface area contributed by atoms with Gasteiger partial charge in [0.1, 0.15) is 5.82 Å². The number of pyridine rings is 1. The Labute approximate surface area is 288 Å². The molecule has 49 heavy (non-hydrogen) atoms. The van der Waals surface area contributed by atoms with Gasteiger partial charge in [0.05, 0.1) is 21.8 Å². The summed E-state index contributed by atoms with van der Waals surface area (Å²) in [5, 5.41) is 4.22. The number of fused-ring (bicyclic) bond motifs is 4. The number of hydrogen-bond donors (Lipinski definition) is 2. The number of aromatic amines is 1. The molecule has 0 atom stereocenters. The van der Waals surface area contributed by atoms with E-state index in [1.807, 2.05) is 35.2 Å². The molecule has 0 unspecified atom stereocenters. The summed E-state index contributed by atoms with van der Waals surface area (Å²) >= 11 is 1.77. The number of rotatable bonds is 5. The minimum absolute atomic E-state index is 0.0642. The molecule has 0 saturated carbocycles. The fourth-order valence-corrected chi connectivity index (χ4v) is 8.77. The van der Waals surface area contributed by atoms with Crippen molar-refractivity contribution in [1.82, 2.24) is 9.97 Å². The van der Waals surface area contributed by atoms with E-state index < -0.39 is 0 Å². The average Bonchev–Trinajstić information content (AvgIpc) is 3.73. The zero-order chi connectivity index (χ0) is 33.0. The van der Waals surface area contributed by atoms with Crippen molar-refractivity contribution in [3.8, 4) is 21.0 Å². The number of nitrogens with one attached hydrogen (secondary N) is 2. The number of anilines is 3. The smallest absolute Gasteiger partial charge is 0.259 e. The zero-order valence-electron chi connectivity index (χ0n) is 26.9. The molecule has 2 fully saturated rings. The van der Waals surface area contributed by atoms with E-state index in [2.05, 4.69) is 56.6 Å². The van der Waals surface area contributed by atoms with Crippen molar-refractivity contribution in [3.63, 3.8) is 0 Å². The Morgan fingerprint density at radius 2 is 1.69 bits per heavy atom. The number of para-hydroxylation sites is 2. The van der Waals surface area contributed by atoms with Gasteiger partial charge in [0.25, 0.3) is 11.8 Å². The third kappa shape index (κ3) is 5.39. The minimum atomic E-state index is -0.213. The number of carbonyl (C=O) groups excluding carboxylic acids is 2. The van der Waals surface area contributed by atoms with Gasteiger partial charge in [0, 0.05) is 77.1 Å². The van der Waals surface area contributed by atoms with E-state index in [-0.39, 0.29) is 17.2 Å². The Hall–Kier alpha value is -5.25. The van der Waals surface area contributed by atoms with Crippen molar-refractivity contribution >= 4 is 51.2 Å². The number of hydrogen-bond acceptors (Lipinski definition) is 6. The lowest BCUT2D eigenvalue weighted by Crippen LogP contribution is -2.59. The van der Waals surface area contributed by atoms with Crippen molar-refractivity contribution in [2.24, 2.45) is 5.41 Å². The van der Waals surface area contributed by atoms with Crippen LogP contribution < -0.4 is 15.1 Å². The maximum absolute atomic E-state index is 14.0. The molecule has 8 nitrogen and oxygen atoms in total. The highest BCUT2D eigenvalue weighted by Gasteiger charge is 2.45. The standard InChI is InChI=1S/C40H35N5O3S/c46-38(31-8-5-18-41-37(31)44-24-40(25-44)16-20-48-21-17-40)42-29-13-11-26(12-14-29)39(47)45-19-15-28-23-35(33-22-27-6-1-3-9-32(27)43-33)49-36(28)30-7-2-4-10-34(30)45/h1-14,18,22-23,43H,15-17,19-21,24-25H2,(H,42,46). The van der Waals surface area contributed by atoms with Gasteiger partial charge in [-0.15, -0.1) is 11.3 Å². The van der Waals surface area contributed by atoms with Crippen LogP contribution in [0.15, 0.2) is 103 Å². The molecule has 0 bridgehead atoms. The maximum Gasteiger partial charge on any atom is 0.259 e. The third-order valence-electron chi connectivity index (χ3n) is 10.2. The number of ether oxygens (including phenoxy) is 1. The molecule has 2 N–H and O–H groups in total. The van der Waals surface area contributed by atoms with E-state index in [1.54, 1.807) is 47.9 Å². The van der Waals surface area contributed by atoms with Crippen LogP contribution in [-0.4, -0.2) is 54.6 Å². The molecule has 3 aromatic heterocycles. The molecule has 3 aliphatic rings. The van der Waals surface area contributed by atoms with Crippen LogP contribution in [0.2, 0.25) is 0 Å². The number of thiophene rings is 1. The molecule has 0 aliphatic carbocycles. The quantitative estimate of drug-likeness (QED) is 0.195. The highest BCUT2D eigenvalue weighted by Crippen LogP contribution is 2.45. The van der Waals surface area contributed by atoms with Gasteiger partial charge in [-0.3, -0.25) is 9.59 Å². The molecule has 6 heterocycles. The molecule has 3 aliphatic heterocycles. The van der Waals surface area contributed by atoms with E-state index >= 15 is 0 Å². The predicted molar refractivity (Wildman–Crippen MR) is 196 cm³/mol. The second-order valence-corrected chi connectivity index (χ2v) is 14.4. The number of aromatic nitrogens is 2. The molecular weight excluding hydrogens is 631 g/mol. The van der Waals surface area contributed by atoms with E-state index in [4.69, 9.17) is 4.74 Å². The number of H-pyrrole nitrogens is 1. The van der Waals surface area contributed by atoms with Crippen LogP contribution in [0.25, 0.3) is 31.9 Å². The van der Waals surface area contributed by atoms with E-state index in [0.29, 0.717) is 29.2 Å². The normalized spacial score (nSPS) is 16.5. The molecule has 1 spiro atoms. The van der Waals surface area contributed by atoms with Crippen LogP contribution >= 0.6 is 11.3 Å². The van der Waals surface area contributed by atoms with Gasteiger partial charge in [-0.05, 0) is 85.5 Å². The average molecular weight is 666 g/mol. The predicted octanol–water partition coefficient (Wildman–Crippen LogP) is 8.03. The molecule has 244 valence electrons. The summed E-state index contributed by atoms with van der Waals surface area (Å²) in [6.07, 6.45) is 4.59. The topological polar surface area (TPSA) is 90.6 Å². The first-order valence-corrected chi connectivity index (χ1v) is 17.7. The van der Waals surface area contributed by atoms with Crippen LogP contribution in [-0.2, 0) is 11.2 Å². The number of benzene rings is 3. The van der Waals surface area contributed by atoms with E-state index in [9.17, 15) is 9.59 Å². The molecule has 9 rings (SSSR count). The summed E-state index contributed by atoms with van der Waals surface area (Å²) in [6.45, 7) is 3.95. The summed E-state index contributed by atoms with van der Waals surface area (Å²) in [5.41, 5.74) is 7.47. The Morgan fingerprint density at radius 3 is 2.53 bits per heavy atom. The molecule has 2 amide bonds. The first-order valence-electron chi connectivity index (χ1n) is 16.8. The fraction of sp³-hybridized carbons (Fsp3) is 0.225. The van der Waals surface area contributed by atoms with Gasteiger partial charge in [-0.25, -0.2) is 4.98 Å². The lowest BCUT2D eigenvalue weighted by molar-refractivity contribution is -0.000509. The second kappa shape index (κ2) is 12.0. The van der Waals surface area contributed by atoms with Crippen LogP contribution in [0.5, 0.6) is 0 Å². The summed E-state index contributed by atoms with van der Waals surface area (Å²) in [7, 11) is 0. The fourth-order valence-electron chi connectivity index (χ4n) is 7.56. The van der Waals surface area contributed by atoms with Crippen LogP contribution in [0.1, 0.15) is 39.1 Å². The third-order valence-corrected chi connectivity index (χ3v) is 11.5. The van der Waals surface area contributed by atoms with Gasteiger partial charge >= 0.3 is 0 Å². The van der Waals surface area contributed by atoms with Crippen molar-refractivity contribution in [2.45, 2.75) is 19.3 Å². The second-order valence-electron chi connectivity index (χ2n) is 13.3. The summed E-state index contributed by atoms with van der Waals surface area (Å²) in [4.78, 5) is 42.1. The Morgan fingerprint density at radius 1 is 0.898 bits per heavy atom. The number of amides is 2. The molecule has 9 heteroatoms. The van der Waals surface area contributed by atoms with Gasteiger partial charge in [-0.2, -0.15) is 0 Å². The summed E-state index contributed by atoms with van der Waals surface area (Å²) < 4.78 is 5.56. The molecule has 3 aromatic carbocycles. The van der Waals surface area contributed by atoms with Crippen LogP contribution in [0.3, 0.4) is 0 Å². The molecule has 2 saturated heterocycles. The molecule has 0 radical (unpaired) electrons. The van der Waals surface area contributed by atoms with Crippen LogP contribution in [0.4, 0.5) is 17.2 Å². The zero-order valence-corrected chi connectivity index (χ0v) is 27.8. The Kier molecular flexibility index (Phi) is 7.32. The number of nitrogens with zero attached hydrogens (tertiary/aromatic N) is 3. The van der Waals surface area contributed by atoms with Crippen LogP contribution in [0, 0.1) is 5.41 Å². The van der Waals surface area contributed by atoms with Gasteiger partial charge < -0.3 is 24.8 Å². The van der Waals surface area contributed by atoms with E-state index in [0.717, 1.165) is 68.0 Å². The largest absolute Gasteiger partial charge is 0.381 e. The van der Waals surface area contributed by atoms with Crippen molar-refractivity contribution < 1.29 is 14.3 Å². The maximum atomic E-state index is 14.0. The first kappa shape index (κ1) is 29.9. The van der Waals surface area contributed by atoms with E-state index in [1.165, 1.54) is 20.7 Å². The Bertz CT molecular complexity index is 2170. The SMILES string of the molecule is O=C(Nc1ccc(C(=O)N2CCc3cc(-c4cc5ccccc5[nH]4)sc3-c3ccccc32)cc1)c1cccnc1N1CC2(CCOCC2)C1. The van der Waals surface area contributed by atoms with Gasteiger partial charge in [0.2, 0.25) is 0 Å². The lowest BCUT2D eigenvalue weighted by Gasteiger charge is -2.53. The summed E-state index contributed by atoms with van der Waals surface area (Å²) in [6, 6.07) is 31.8. The first-order chi connectivity index (χ1) is 24.0. The Balaban J connectivity index is 0.920. The number of carbonyl (C=O) groups is 2. The summed E-state index contributed by atoms with van der Waals surface area (Å²) in [5.74, 6) is 0.436. The van der Waals surface area contributed by atoms with Gasteiger partial charge in [0.15, 0.2) is 0 Å².